The molecule has 0 spiro atoms. The fraction of sp³-hybridized carbons (Fsp3) is 0.500. The zero-order chi connectivity index (χ0) is 15.4. The van der Waals surface area contributed by atoms with E-state index in [0.29, 0.717) is 11.3 Å². The lowest BCUT2D eigenvalue weighted by Crippen LogP contribution is -2.22. The molecular weight excluding hydrogens is 333 g/mol. The molecular formula is C14H15Cl2NO3S. The number of halogens is 2. The van der Waals surface area contributed by atoms with E-state index >= 15 is 0 Å². The number of carbonyl (C=O) groups excluding carboxylic acids is 1. The zero-order valence-corrected chi connectivity index (χ0v) is 13.7. The summed E-state index contributed by atoms with van der Waals surface area (Å²) in [5.41, 5.74) is 1.05. The molecule has 114 valence electrons. The second-order valence-electron chi connectivity index (χ2n) is 5.95. The van der Waals surface area contributed by atoms with Crippen molar-refractivity contribution in [2.45, 2.75) is 31.1 Å². The standard InChI is InChI=1S/C14H15Cl2NO3S/c1-7-2-11(21(16,19)20)6-12(15)13(7)17-14(18)10-4-8-3-9(8)5-10/h2,6,8-10H,3-5H2,1H3,(H,17,18). The summed E-state index contributed by atoms with van der Waals surface area (Å²) in [5, 5.41) is 3.02. The summed E-state index contributed by atoms with van der Waals surface area (Å²) in [6.45, 7) is 1.69. The molecule has 0 bridgehead atoms. The average Bonchev–Trinajstić information content (AvgIpc) is 2.99. The highest BCUT2D eigenvalue weighted by Crippen LogP contribution is 2.54. The monoisotopic (exact) mass is 347 g/mol. The third kappa shape index (κ3) is 3.05. The highest BCUT2D eigenvalue weighted by molar-refractivity contribution is 8.13. The number of aryl methyl sites for hydroxylation is 1. The van der Waals surface area contributed by atoms with Crippen LogP contribution in [0.1, 0.15) is 24.8 Å². The van der Waals surface area contributed by atoms with Crippen molar-refractivity contribution in [1.82, 2.24) is 0 Å². The van der Waals surface area contributed by atoms with Crippen LogP contribution < -0.4 is 5.32 Å². The molecule has 2 saturated carbocycles. The number of benzene rings is 1. The number of amides is 1. The Morgan fingerprint density at radius 1 is 1.24 bits per heavy atom. The van der Waals surface area contributed by atoms with Crippen molar-refractivity contribution in [3.63, 3.8) is 0 Å². The van der Waals surface area contributed by atoms with E-state index in [9.17, 15) is 13.2 Å². The van der Waals surface area contributed by atoms with Gasteiger partial charge in [-0.3, -0.25) is 4.79 Å². The fourth-order valence-corrected chi connectivity index (χ4v) is 4.39. The Bertz CT molecular complexity index is 684. The molecule has 4 nitrogen and oxygen atoms in total. The van der Waals surface area contributed by atoms with Crippen LogP contribution in [0.4, 0.5) is 5.69 Å². The molecule has 0 saturated heterocycles. The van der Waals surface area contributed by atoms with Gasteiger partial charge in [0.1, 0.15) is 0 Å². The van der Waals surface area contributed by atoms with Crippen LogP contribution in [-0.4, -0.2) is 14.3 Å². The molecule has 0 heterocycles. The van der Waals surface area contributed by atoms with Gasteiger partial charge < -0.3 is 5.32 Å². The number of hydrogen-bond acceptors (Lipinski definition) is 3. The summed E-state index contributed by atoms with van der Waals surface area (Å²) in [6.07, 6.45) is 3.15. The van der Waals surface area contributed by atoms with Crippen LogP contribution in [0, 0.1) is 24.7 Å². The van der Waals surface area contributed by atoms with E-state index in [1.807, 2.05) is 0 Å². The SMILES string of the molecule is Cc1cc(S(=O)(=O)Cl)cc(Cl)c1NC(=O)C1CC2CC2C1. The average molecular weight is 348 g/mol. The Morgan fingerprint density at radius 2 is 1.86 bits per heavy atom. The van der Waals surface area contributed by atoms with Crippen molar-refractivity contribution in [3.8, 4) is 0 Å². The van der Waals surface area contributed by atoms with E-state index in [4.69, 9.17) is 22.3 Å². The van der Waals surface area contributed by atoms with E-state index in [-0.39, 0.29) is 21.7 Å². The third-order valence-electron chi connectivity index (χ3n) is 4.41. The maximum Gasteiger partial charge on any atom is 0.261 e. The first-order valence-corrected chi connectivity index (χ1v) is 9.50. The zero-order valence-electron chi connectivity index (χ0n) is 11.4. The van der Waals surface area contributed by atoms with Crippen molar-refractivity contribution < 1.29 is 13.2 Å². The molecule has 2 aliphatic rings. The van der Waals surface area contributed by atoms with Gasteiger partial charge in [-0.05, 0) is 55.7 Å². The van der Waals surface area contributed by atoms with Crippen LogP contribution in [0.15, 0.2) is 17.0 Å². The van der Waals surface area contributed by atoms with Crippen LogP contribution in [0.25, 0.3) is 0 Å². The first kappa shape index (κ1) is 15.1. The van der Waals surface area contributed by atoms with Crippen LogP contribution >= 0.6 is 22.3 Å². The van der Waals surface area contributed by atoms with E-state index in [2.05, 4.69) is 5.32 Å². The Morgan fingerprint density at radius 3 is 2.38 bits per heavy atom. The molecule has 2 atom stereocenters. The molecule has 7 heteroatoms. The third-order valence-corrected chi connectivity index (χ3v) is 6.04. The van der Waals surface area contributed by atoms with Gasteiger partial charge in [0.25, 0.3) is 9.05 Å². The quantitative estimate of drug-likeness (QED) is 0.850. The Balaban J connectivity index is 1.80. The second kappa shape index (κ2) is 5.14. The first-order chi connectivity index (χ1) is 9.75. The minimum absolute atomic E-state index is 0.0336. The maximum atomic E-state index is 12.3. The van der Waals surface area contributed by atoms with E-state index in [0.717, 1.165) is 24.7 Å². The molecule has 2 fully saturated rings. The Kier molecular flexibility index (Phi) is 3.71. The smallest absolute Gasteiger partial charge is 0.261 e. The van der Waals surface area contributed by atoms with Crippen molar-refractivity contribution in [2.75, 3.05) is 5.32 Å². The number of nitrogens with one attached hydrogen (secondary N) is 1. The molecule has 21 heavy (non-hydrogen) atoms. The van der Waals surface area contributed by atoms with E-state index < -0.39 is 9.05 Å². The van der Waals surface area contributed by atoms with E-state index in [1.54, 1.807) is 6.92 Å². The lowest BCUT2D eigenvalue weighted by molar-refractivity contribution is -0.120. The van der Waals surface area contributed by atoms with Crippen molar-refractivity contribution in [3.05, 3.63) is 22.7 Å². The van der Waals surface area contributed by atoms with Gasteiger partial charge in [0.15, 0.2) is 0 Å². The van der Waals surface area contributed by atoms with Gasteiger partial charge >= 0.3 is 0 Å². The highest BCUT2D eigenvalue weighted by Gasteiger charge is 2.48. The predicted octanol–water partition coefficient (Wildman–Crippen LogP) is 3.56. The fourth-order valence-electron chi connectivity index (χ4n) is 3.17. The molecule has 3 rings (SSSR count). The van der Waals surface area contributed by atoms with Crippen LogP contribution in [-0.2, 0) is 13.8 Å². The predicted molar refractivity (Wildman–Crippen MR) is 82.2 cm³/mol. The van der Waals surface area contributed by atoms with Crippen molar-refractivity contribution in [1.29, 1.82) is 0 Å². The summed E-state index contributed by atoms with van der Waals surface area (Å²) in [4.78, 5) is 12.2. The molecule has 0 aliphatic heterocycles. The number of anilines is 1. The lowest BCUT2D eigenvalue weighted by Gasteiger charge is -2.15. The normalized spacial score (nSPS) is 27.3. The lowest BCUT2D eigenvalue weighted by atomic mass is 10.0. The largest absolute Gasteiger partial charge is 0.324 e. The van der Waals surface area contributed by atoms with Gasteiger partial charge in [-0.25, -0.2) is 8.42 Å². The number of hydrogen-bond donors (Lipinski definition) is 1. The summed E-state index contributed by atoms with van der Waals surface area (Å²) < 4.78 is 22.7. The van der Waals surface area contributed by atoms with E-state index in [1.165, 1.54) is 18.6 Å². The second-order valence-corrected chi connectivity index (χ2v) is 8.92. The summed E-state index contributed by atoms with van der Waals surface area (Å²) in [5.74, 6) is 1.46. The Hall–Kier alpha value is -0.780. The number of rotatable bonds is 3. The van der Waals surface area contributed by atoms with Crippen molar-refractivity contribution >= 4 is 42.9 Å². The topological polar surface area (TPSA) is 63.2 Å². The molecule has 2 unspecified atom stereocenters. The molecule has 1 aromatic carbocycles. The van der Waals surface area contributed by atoms with Gasteiger partial charge in [-0.1, -0.05) is 11.6 Å². The van der Waals surface area contributed by atoms with Crippen LogP contribution in [0.5, 0.6) is 0 Å². The number of carbonyl (C=O) groups is 1. The molecule has 0 radical (unpaired) electrons. The summed E-state index contributed by atoms with van der Waals surface area (Å²) in [7, 11) is 1.48. The molecule has 2 aliphatic carbocycles. The number of fused-ring (bicyclic) bond motifs is 1. The minimum Gasteiger partial charge on any atom is -0.324 e. The van der Waals surface area contributed by atoms with Crippen LogP contribution in [0.3, 0.4) is 0 Å². The van der Waals surface area contributed by atoms with Gasteiger partial charge in [0.2, 0.25) is 5.91 Å². The molecule has 0 aromatic heterocycles. The minimum atomic E-state index is -3.84. The van der Waals surface area contributed by atoms with Gasteiger partial charge in [0.05, 0.1) is 15.6 Å². The summed E-state index contributed by atoms with van der Waals surface area (Å²) in [6, 6.07) is 2.68. The highest BCUT2D eigenvalue weighted by atomic mass is 35.7. The Labute approximate surface area is 133 Å². The first-order valence-electron chi connectivity index (χ1n) is 6.81. The van der Waals surface area contributed by atoms with Gasteiger partial charge in [-0.15, -0.1) is 0 Å². The molecule has 1 aromatic rings. The maximum absolute atomic E-state index is 12.3. The van der Waals surface area contributed by atoms with Gasteiger partial charge in [-0.2, -0.15) is 0 Å². The van der Waals surface area contributed by atoms with Gasteiger partial charge in [0, 0.05) is 16.6 Å². The molecule has 1 amide bonds. The van der Waals surface area contributed by atoms with Crippen LogP contribution in [0.2, 0.25) is 5.02 Å². The molecule has 1 N–H and O–H groups in total. The van der Waals surface area contributed by atoms with Crippen molar-refractivity contribution in [2.24, 2.45) is 17.8 Å². The summed E-state index contributed by atoms with van der Waals surface area (Å²) >= 11 is 6.09.